The highest BCUT2D eigenvalue weighted by atomic mass is 35.5. The van der Waals surface area contributed by atoms with Crippen LogP contribution in [0.3, 0.4) is 0 Å². The summed E-state index contributed by atoms with van der Waals surface area (Å²) in [4.78, 5) is 8.94. The van der Waals surface area contributed by atoms with Crippen LogP contribution < -0.4 is 20.7 Å². The Morgan fingerprint density at radius 2 is 1.98 bits per heavy atom. The standard InChI is InChI=1S/C28H35ClN6O5S/c1-40-26-21-6-4-5-19(30-12-14-36)15-18(21)9-10-24(26)33-28-31-16-22(29)27(34-28)32-23-7-2-3-8-25(23)41(38,39)35-13-11-20(37)17-35/h2-3,7-10,16,19-20,30,36-37H,4-6,11-15,17H2,1H3,(H2,31,32,33,34)/t19?,20-/m1/s1. The average Bonchev–Trinajstić information content (AvgIpc) is 3.31. The van der Waals surface area contributed by atoms with Crippen LogP contribution in [0.2, 0.25) is 5.02 Å². The molecule has 2 aromatic carbocycles. The van der Waals surface area contributed by atoms with Crippen molar-refractivity contribution in [1.29, 1.82) is 0 Å². The Hall–Kier alpha value is -3.00. The third-order valence-electron chi connectivity index (χ3n) is 7.43. The zero-order valence-electron chi connectivity index (χ0n) is 22.8. The van der Waals surface area contributed by atoms with Crippen molar-refractivity contribution in [1.82, 2.24) is 19.6 Å². The number of fused-ring (bicyclic) bond motifs is 1. The van der Waals surface area contributed by atoms with Gasteiger partial charge in [-0.05, 0) is 61.4 Å². The fourth-order valence-corrected chi connectivity index (χ4v) is 7.21. The van der Waals surface area contributed by atoms with Gasteiger partial charge in [0.25, 0.3) is 0 Å². The number of sulfonamides is 1. The Morgan fingerprint density at radius 3 is 2.73 bits per heavy atom. The number of nitrogens with one attached hydrogen (secondary N) is 3. The lowest BCUT2D eigenvalue weighted by atomic mass is 9.99. The van der Waals surface area contributed by atoms with Gasteiger partial charge in [0.1, 0.15) is 15.7 Å². The maximum absolute atomic E-state index is 13.3. The molecule has 13 heteroatoms. The summed E-state index contributed by atoms with van der Waals surface area (Å²) in [5, 5.41) is 29.0. The molecule has 1 aliphatic heterocycles. The first-order chi connectivity index (χ1) is 19.8. The molecule has 5 rings (SSSR count). The molecule has 1 aliphatic carbocycles. The summed E-state index contributed by atoms with van der Waals surface area (Å²) in [6.07, 6.45) is 4.86. The summed E-state index contributed by atoms with van der Waals surface area (Å²) >= 11 is 6.43. The number of nitrogens with zero attached hydrogens (tertiary/aromatic N) is 3. The predicted molar refractivity (Wildman–Crippen MR) is 158 cm³/mol. The minimum absolute atomic E-state index is 0.0570. The quantitative estimate of drug-likeness (QED) is 0.219. The van der Waals surface area contributed by atoms with Crippen molar-refractivity contribution in [3.05, 3.63) is 58.7 Å². The number of aliphatic hydroxyl groups excluding tert-OH is 2. The topological polar surface area (TPSA) is 149 Å². The van der Waals surface area contributed by atoms with Crippen LogP contribution in [0, 0.1) is 0 Å². The number of ether oxygens (including phenoxy) is 1. The summed E-state index contributed by atoms with van der Waals surface area (Å²) in [5.74, 6) is 1.22. The number of halogens is 1. The van der Waals surface area contributed by atoms with E-state index in [1.807, 2.05) is 6.07 Å². The Morgan fingerprint density at radius 1 is 1.15 bits per heavy atom. The van der Waals surface area contributed by atoms with E-state index in [0.29, 0.717) is 30.4 Å². The van der Waals surface area contributed by atoms with Gasteiger partial charge in [0, 0.05) is 25.7 Å². The summed E-state index contributed by atoms with van der Waals surface area (Å²) in [6, 6.07) is 10.8. The van der Waals surface area contributed by atoms with E-state index in [2.05, 4.69) is 32.0 Å². The van der Waals surface area contributed by atoms with Crippen LogP contribution in [0.4, 0.5) is 23.1 Å². The molecule has 3 aromatic rings. The molecule has 1 saturated heterocycles. The molecule has 220 valence electrons. The second kappa shape index (κ2) is 12.9. The van der Waals surface area contributed by atoms with Crippen molar-refractivity contribution in [3.63, 3.8) is 0 Å². The van der Waals surface area contributed by atoms with Crippen molar-refractivity contribution in [2.75, 3.05) is 44.0 Å². The average molecular weight is 603 g/mol. The van der Waals surface area contributed by atoms with Crippen molar-refractivity contribution >= 4 is 44.8 Å². The largest absolute Gasteiger partial charge is 0.494 e. The number of β-amino-alcohol motifs (C(OH)–C–C–N with tert-alkyl or cyclic N) is 1. The van der Waals surface area contributed by atoms with Crippen LogP contribution in [-0.4, -0.2) is 78.4 Å². The molecule has 5 N–H and O–H groups in total. The van der Waals surface area contributed by atoms with Crippen LogP contribution >= 0.6 is 11.6 Å². The number of benzene rings is 2. The summed E-state index contributed by atoms with van der Waals surface area (Å²) < 4.78 is 33.8. The van der Waals surface area contributed by atoms with Gasteiger partial charge in [0.15, 0.2) is 5.82 Å². The zero-order valence-corrected chi connectivity index (χ0v) is 24.4. The van der Waals surface area contributed by atoms with Gasteiger partial charge in [-0.2, -0.15) is 9.29 Å². The summed E-state index contributed by atoms with van der Waals surface area (Å²) in [6.45, 7) is 0.986. The van der Waals surface area contributed by atoms with Crippen LogP contribution in [0.1, 0.15) is 30.4 Å². The minimum Gasteiger partial charge on any atom is -0.494 e. The van der Waals surface area contributed by atoms with Gasteiger partial charge in [-0.1, -0.05) is 29.8 Å². The van der Waals surface area contributed by atoms with Gasteiger partial charge in [-0.25, -0.2) is 13.4 Å². The monoisotopic (exact) mass is 602 g/mol. The molecular formula is C28H35ClN6O5S. The van der Waals surface area contributed by atoms with Crippen molar-refractivity contribution < 1.29 is 23.4 Å². The maximum Gasteiger partial charge on any atom is 0.245 e. The minimum atomic E-state index is -3.85. The summed E-state index contributed by atoms with van der Waals surface area (Å²) in [5.41, 5.74) is 3.34. The van der Waals surface area contributed by atoms with E-state index in [9.17, 15) is 18.6 Å². The zero-order chi connectivity index (χ0) is 29.0. The predicted octanol–water partition coefficient (Wildman–Crippen LogP) is 3.21. The molecule has 0 amide bonds. The molecule has 0 saturated carbocycles. The first-order valence-electron chi connectivity index (χ1n) is 13.7. The van der Waals surface area contributed by atoms with Crippen LogP contribution in [-0.2, 0) is 22.9 Å². The number of anilines is 4. The van der Waals surface area contributed by atoms with Gasteiger partial charge in [-0.3, -0.25) is 0 Å². The highest BCUT2D eigenvalue weighted by molar-refractivity contribution is 7.89. The molecule has 1 aromatic heterocycles. The molecule has 0 bridgehead atoms. The van der Waals surface area contributed by atoms with Gasteiger partial charge in [0.2, 0.25) is 16.0 Å². The lowest BCUT2D eigenvalue weighted by Crippen LogP contribution is -2.32. The van der Waals surface area contributed by atoms with Crippen LogP contribution in [0.5, 0.6) is 5.75 Å². The van der Waals surface area contributed by atoms with Crippen molar-refractivity contribution in [2.24, 2.45) is 0 Å². The Kier molecular flexibility index (Phi) is 9.27. The van der Waals surface area contributed by atoms with Gasteiger partial charge in [0.05, 0.1) is 37.4 Å². The molecular weight excluding hydrogens is 568 g/mol. The van der Waals surface area contributed by atoms with E-state index in [-0.39, 0.29) is 41.4 Å². The van der Waals surface area contributed by atoms with E-state index in [1.54, 1.807) is 25.3 Å². The number of hydrogen-bond donors (Lipinski definition) is 5. The molecule has 2 aliphatic rings. The lowest BCUT2D eigenvalue weighted by molar-refractivity contribution is 0.189. The number of para-hydroxylation sites is 1. The number of methoxy groups -OCH3 is 1. The molecule has 0 radical (unpaired) electrons. The fraction of sp³-hybridized carbons (Fsp3) is 0.429. The van der Waals surface area contributed by atoms with E-state index in [1.165, 1.54) is 22.1 Å². The second-order valence-corrected chi connectivity index (χ2v) is 12.5. The van der Waals surface area contributed by atoms with Gasteiger partial charge >= 0.3 is 0 Å². The molecule has 41 heavy (non-hydrogen) atoms. The van der Waals surface area contributed by atoms with Crippen molar-refractivity contribution in [3.8, 4) is 5.75 Å². The number of aromatic nitrogens is 2. The van der Waals surface area contributed by atoms with Crippen molar-refractivity contribution in [2.45, 2.75) is 49.1 Å². The van der Waals surface area contributed by atoms with E-state index >= 15 is 0 Å². The maximum atomic E-state index is 13.3. The second-order valence-electron chi connectivity index (χ2n) is 10.2. The highest BCUT2D eigenvalue weighted by Gasteiger charge is 2.33. The first-order valence-corrected chi connectivity index (χ1v) is 15.5. The van der Waals surface area contributed by atoms with E-state index < -0.39 is 16.1 Å². The Bertz CT molecular complexity index is 1490. The molecule has 2 heterocycles. The van der Waals surface area contributed by atoms with E-state index in [0.717, 1.165) is 37.0 Å². The molecule has 0 spiro atoms. The smallest absolute Gasteiger partial charge is 0.245 e. The first kappa shape index (κ1) is 29.5. The molecule has 11 nitrogen and oxygen atoms in total. The molecule has 2 atom stereocenters. The number of aliphatic hydroxyl groups is 2. The molecule has 1 fully saturated rings. The Balaban J connectivity index is 1.39. The van der Waals surface area contributed by atoms with Crippen LogP contribution in [0.15, 0.2) is 47.5 Å². The van der Waals surface area contributed by atoms with E-state index in [4.69, 9.17) is 16.3 Å². The van der Waals surface area contributed by atoms with Gasteiger partial charge < -0.3 is 30.9 Å². The summed E-state index contributed by atoms with van der Waals surface area (Å²) in [7, 11) is -2.21. The third-order valence-corrected chi connectivity index (χ3v) is 9.63. The van der Waals surface area contributed by atoms with Crippen LogP contribution in [0.25, 0.3) is 0 Å². The number of hydrogen-bond acceptors (Lipinski definition) is 10. The SMILES string of the molecule is COc1c(Nc2ncc(Cl)c(Nc3ccccc3S(=O)(=O)N3CC[C@@H](O)C3)n2)ccc2c1CCCC(NCCO)C2. The molecule has 1 unspecified atom stereocenters. The third kappa shape index (κ3) is 6.58. The fourth-order valence-electron chi connectivity index (χ4n) is 5.43. The number of rotatable bonds is 10. The van der Waals surface area contributed by atoms with Gasteiger partial charge in [-0.15, -0.1) is 0 Å². The highest BCUT2D eigenvalue weighted by Crippen LogP contribution is 2.37. The lowest BCUT2D eigenvalue weighted by Gasteiger charge is -2.20. The normalized spacial score (nSPS) is 19.4. The Labute approximate surface area is 245 Å².